The first-order valence-corrected chi connectivity index (χ1v) is 8.92. The Labute approximate surface area is 161 Å². The Kier molecular flexibility index (Phi) is 11.9. The molecule has 1 aromatic rings. The van der Waals surface area contributed by atoms with Gasteiger partial charge in [-0.05, 0) is 38.4 Å². The van der Waals surface area contributed by atoms with Crippen LogP contribution in [0.25, 0.3) is 0 Å². The van der Waals surface area contributed by atoms with E-state index in [0.29, 0.717) is 6.54 Å². The van der Waals surface area contributed by atoms with E-state index in [1.54, 1.807) is 11.3 Å². The minimum atomic E-state index is -0.921. The second-order valence-corrected chi connectivity index (χ2v) is 6.35. The van der Waals surface area contributed by atoms with Gasteiger partial charge in [0.1, 0.15) is 5.60 Å². The van der Waals surface area contributed by atoms with Crippen LogP contribution in [0.4, 0.5) is 0 Å². The largest absolute Gasteiger partial charge is 0.383 e. The van der Waals surface area contributed by atoms with Gasteiger partial charge < -0.3 is 20.6 Å². The van der Waals surface area contributed by atoms with Crippen molar-refractivity contribution in [2.45, 2.75) is 33.3 Å². The number of rotatable bonds is 9. The lowest BCUT2D eigenvalue weighted by atomic mass is 10.1. The summed E-state index contributed by atoms with van der Waals surface area (Å²) in [6.45, 7) is 13.3. The average Bonchev–Trinajstić information content (AvgIpc) is 3.04. The molecule has 0 aliphatic heterocycles. The predicted octanol–water partition coefficient (Wildman–Crippen LogP) is 2.47. The monoisotopic (exact) mass is 454 g/mol. The lowest BCUT2D eigenvalue weighted by Gasteiger charge is -2.22. The van der Waals surface area contributed by atoms with Gasteiger partial charge in [0.05, 0.1) is 6.54 Å². The van der Waals surface area contributed by atoms with Crippen molar-refractivity contribution in [1.29, 1.82) is 0 Å². The molecular weight excluding hydrogens is 423 g/mol. The summed E-state index contributed by atoms with van der Waals surface area (Å²) < 4.78 is 0. The summed E-state index contributed by atoms with van der Waals surface area (Å²) in [6.07, 6.45) is 0. The smallest absolute Gasteiger partial charge is 0.191 e. The van der Waals surface area contributed by atoms with Gasteiger partial charge in [-0.3, -0.25) is 0 Å². The number of hydrogen-bond donors (Lipinski definition) is 3. The van der Waals surface area contributed by atoms with Gasteiger partial charge in [-0.2, -0.15) is 0 Å². The molecule has 1 atom stereocenters. The molecule has 0 saturated carbocycles. The molecule has 1 heterocycles. The first-order chi connectivity index (χ1) is 10.5. The van der Waals surface area contributed by atoms with Crippen LogP contribution in [-0.2, 0) is 5.60 Å². The van der Waals surface area contributed by atoms with E-state index in [4.69, 9.17) is 0 Å². The highest BCUT2D eigenvalue weighted by Gasteiger charge is 2.23. The normalized spacial score (nSPS) is 14.3. The third-order valence-corrected chi connectivity index (χ3v) is 4.68. The number of aliphatic imine (C=N–C) groups is 1. The number of guanidine groups is 1. The lowest BCUT2D eigenvalue weighted by Crippen LogP contribution is -2.42. The number of thiophene rings is 1. The molecule has 0 amide bonds. The molecule has 1 rings (SSSR count). The fraction of sp³-hybridized carbons (Fsp3) is 0.688. The predicted molar refractivity (Wildman–Crippen MR) is 111 cm³/mol. The molecule has 1 unspecified atom stereocenters. The molecule has 7 heteroatoms. The molecular formula is C16H31IN4OS. The summed E-state index contributed by atoms with van der Waals surface area (Å²) >= 11 is 1.56. The zero-order chi connectivity index (χ0) is 16.4. The molecule has 0 spiro atoms. The molecule has 5 nitrogen and oxygen atoms in total. The van der Waals surface area contributed by atoms with Crippen LogP contribution in [0.1, 0.15) is 32.6 Å². The van der Waals surface area contributed by atoms with Crippen molar-refractivity contribution in [2.75, 3.05) is 39.3 Å². The average molecular weight is 454 g/mol. The second kappa shape index (κ2) is 12.0. The molecule has 0 saturated heterocycles. The molecule has 0 fully saturated rings. The van der Waals surface area contributed by atoms with Crippen molar-refractivity contribution in [3.63, 3.8) is 0 Å². The minimum absolute atomic E-state index is 0. The summed E-state index contributed by atoms with van der Waals surface area (Å²) in [5.74, 6) is 0.756. The van der Waals surface area contributed by atoms with Crippen LogP contribution in [0.5, 0.6) is 0 Å². The van der Waals surface area contributed by atoms with Crippen LogP contribution in [0.2, 0.25) is 0 Å². The summed E-state index contributed by atoms with van der Waals surface area (Å²) in [5.41, 5.74) is -0.921. The number of nitrogens with one attached hydrogen (secondary N) is 2. The van der Waals surface area contributed by atoms with E-state index in [2.05, 4.69) is 34.4 Å². The first-order valence-electron chi connectivity index (χ1n) is 8.04. The van der Waals surface area contributed by atoms with Crippen molar-refractivity contribution in [2.24, 2.45) is 4.99 Å². The summed E-state index contributed by atoms with van der Waals surface area (Å²) in [7, 11) is 0. The van der Waals surface area contributed by atoms with Gasteiger partial charge in [-0.25, -0.2) is 4.99 Å². The third-order valence-electron chi connectivity index (χ3n) is 3.56. The third kappa shape index (κ3) is 8.32. The molecule has 0 aliphatic rings. The van der Waals surface area contributed by atoms with Crippen LogP contribution in [-0.4, -0.2) is 55.2 Å². The van der Waals surface area contributed by atoms with Gasteiger partial charge >= 0.3 is 0 Å². The first kappa shape index (κ1) is 22.6. The summed E-state index contributed by atoms with van der Waals surface area (Å²) in [4.78, 5) is 7.82. The number of likely N-dealkylation sites (N-methyl/N-ethyl adjacent to an activating group) is 1. The van der Waals surface area contributed by atoms with Crippen molar-refractivity contribution in [3.05, 3.63) is 22.4 Å². The maximum atomic E-state index is 10.5. The van der Waals surface area contributed by atoms with E-state index in [0.717, 1.165) is 43.6 Å². The van der Waals surface area contributed by atoms with Gasteiger partial charge in [-0.15, -0.1) is 35.3 Å². The molecule has 0 bridgehead atoms. The van der Waals surface area contributed by atoms with Crippen LogP contribution in [0, 0.1) is 0 Å². The second-order valence-electron chi connectivity index (χ2n) is 5.40. The van der Waals surface area contributed by atoms with Crippen LogP contribution >= 0.6 is 35.3 Å². The zero-order valence-electron chi connectivity index (χ0n) is 14.6. The van der Waals surface area contributed by atoms with E-state index >= 15 is 0 Å². The fourth-order valence-electron chi connectivity index (χ4n) is 2.11. The van der Waals surface area contributed by atoms with Crippen LogP contribution in [0.3, 0.4) is 0 Å². The molecule has 134 valence electrons. The molecule has 1 aromatic heterocycles. The van der Waals surface area contributed by atoms with Crippen molar-refractivity contribution in [3.8, 4) is 0 Å². The van der Waals surface area contributed by atoms with E-state index < -0.39 is 5.60 Å². The zero-order valence-corrected chi connectivity index (χ0v) is 17.8. The number of nitrogens with zero attached hydrogens (tertiary/aromatic N) is 2. The van der Waals surface area contributed by atoms with E-state index in [1.165, 1.54) is 0 Å². The Hall–Kier alpha value is -0.380. The maximum Gasteiger partial charge on any atom is 0.191 e. The molecule has 0 aliphatic carbocycles. The fourth-order valence-corrected chi connectivity index (χ4v) is 2.89. The van der Waals surface area contributed by atoms with Crippen molar-refractivity contribution in [1.82, 2.24) is 15.5 Å². The highest BCUT2D eigenvalue weighted by molar-refractivity contribution is 14.0. The molecule has 0 radical (unpaired) electrons. The van der Waals surface area contributed by atoms with Crippen molar-refractivity contribution < 1.29 is 5.11 Å². The van der Waals surface area contributed by atoms with E-state index in [9.17, 15) is 5.11 Å². The summed E-state index contributed by atoms with van der Waals surface area (Å²) in [6, 6.07) is 3.90. The molecule has 3 N–H and O–H groups in total. The van der Waals surface area contributed by atoms with Gasteiger partial charge in [0.2, 0.25) is 0 Å². The van der Waals surface area contributed by atoms with Gasteiger partial charge in [-0.1, -0.05) is 19.9 Å². The van der Waals surface area contributed by atoms with E-state index in [-0.39, 0.29) is 24.0 Å². The lowest BCUT2D eigenvalue weighted by molar-refractivity contribution is 0.0711. The Morgan fingerprint density at radius 2 is 2.00 bits per heavy atom. The number of halogens is 1. The Morgan fingerprint density at radius 3 is 2.52 bits per heavy atom. The minimum Gasteiger partial charge on any atom is -0.383 e. The Bertz CT molecular complexity index is 433. The van der Waals surface area contributed by atoms with Crippen LogP contribution in [0.15, 0.2) is 22.5 Å². The highest BCUT2D eigenvalue weighted by Crippen LogP contribution is 2.25. The quantitative estimate of drug-likeness (QED) is 0.305. The number of aliphatic hydroxyl groups is 1. The van der Waals surface area contributed by atoms with Gasteiger partial charge in [0, 0.05) is 24.5 Å². The highest BCUT2D eigenvalue weighted by atomic mass is 127. The SMILES string of the molecule is CCNC(=NCC(C)(O)c1cccs1)NCCN(CC)CC.I. The van der Waals surface area contributed by atoms with Gasteiger partial charge in [0.15, 0.2) is 5.96 Å². The maximum absolute atomic E-state index is 10.5. The van der Waals surface area contributed by atoms with Crippen LogP contribution < -0.4 is 10.6 Å². The Morgan fingerprint density at radius 1 is 1.30 bits per heavy atom. The van der Waals surface area contributed by atoms with E-state index in [1.807, 2.05) is 31.4 Å². The molecule has 0 aromatic carbocycles. The standard InChI is InChI=1S/C16H30N4OS.HI/c1-5-17-15(18-10-11-20(6-2)7-3)19-13-16(4,21)14-9-8-12-22-14;/h8-9,12,21H,5-7,10-11,13H2,1-4H3,(H2,17,18,19);1H. The van der Waals surface area contributed by atoms with Crippen molar-refractivity contribution >= 4 is 41.3 Å². The number of hydrogen-bond acceptors (Lipinski definition) is 4. The topological polar surface area (TPSA) is 59.9 Å². The Balaban J connectivity index is 0.00000484. The van der Waals surface area contributed by atoms with Gasteiger partial charge in [0.25, 0.3) is 0 Å². The summed E-state index contributed by atoms with van der Waals surface area (Å²) in [5, 5.41) is 19.0. The molecule has 23 heavy (non-hydrogen) atoms.